The quantitative estimate of drug-likeness (QED) is 0.872. The van der Waals surface area contributed by atoms with Crippen LogP contribution in [-0.2, 0) is 11.3 Å². The zero-order chi connectivity index (χ0) is 16.4. The molecule has 1 fully saturated rings. The van der Waals surface area contributed by atoms with Gasteiger partial charge in [-0.3, -0.25) is 14.2 Å². The smallest absolute Gasteiger partial charge is 0.261 e. The predicted molar refractivity (Wildman–Crippen MR) is 92.4 cm³/mol. The van der Waals surface area contributed by atoms with Crippen LogP contribution in [0, 0.1) is 0 Å². The van der Waals surface area contributed by atoms with Crippen LogP contribution in [-0.4, -0.2) is 46.5 Å². The summed E-state index contributed by atoms with van der Waals surface area (Å²) >= 11 is 3.37. The lowest BCUT2D eigenvalue weighted by molar-refractivity contribution is -0.131. The van der Waals surface area contributed by atoms with E-state index >= 15 is 0 Å². The van der Waals surface area contributed by atoms with Crippen molar-refractivity contribution in [2.75, 3.05) is 20.1 Å². The standard InChI is InChI=1S/C16H19BrN4O2/c1-20(12-4-6-18-9-12)15(22)5-7-21-10-19-14-3-2-11(17)8-13(14)16(21)23/h2-3,8,10,12,18H,4-7,9H2,1H3/t12-/m0/s1. The Hall–Kier alpha value is -1.73. The SMILES string of the molecule is CN(C(=O)CCn1cnc2ccc(Br)cc2c1=O)[C@H]1CCNC1. The van der Waals surface area contributed by atoms with Crippen LogP contribution in [0.3, 0.4) is 0 Å². The molecule has 1 N–H and O–H groups in total. The molecule has 2 heterocycles. The minimum atomic E-state index is -0.116. The van der Waals surface area contributed by atoms with Gasteiger partial charge in [0, 0.05) is 37.1 Å². The number of fused-ring (bicyclic) bond motifs is 1. The number of rotatable bonds is 4. The van der Waals surface area contributed by atoms with E-state index in [9.17, 15) is 9.59 Å². The highest BCUT2D eigenvalue weighted by molar-refractivity contribution is 9.10. The van der Waals surface area contributed by atoms with Gasteiger partial charge in [-0.25, -0.2) is 4.98 Å². The molecule has 2 aromatic rings. The molecule has 122 valence electrons. The van der Waals surface area contributed by atoms with Crippen LogP contribution in [0.25, 0.3) is 10.9 Å². The fraction of sp³-hybridized carbons (Fsp3) is 0.438. The van der Waals surface area contributed by atoms with E-state index in [-0.39, 0.29) is 17.5 Å². The molecule has 23 heavy (non-hydrogen) atoms. The molecule has 1 atom stereocenters. The van der Waals surface area contributed by atoms with Crippen LogP contribution < -0.4 is 10.9 Å². The molecule has 0 unspecified atom stereocenters. The minimum absolute atomic E-state index is 0.0555. The monoisotopic (exact) mass is 378 g/mol. The third-order valence-electron chi connectivity index (χ3n) is 4.33. The summed E-state index contributed by atoms with van der Waals surface area (Å²) in [5.74, 6) is 0.0555. The number of aryl methyl sites for hydroxylation is 1. The Morgan fingerprint density at radius 2 is 2.35 bits per heavy atom. The summed E-state index contributed by atoms with van der Waals surface area (Å²) in [7, 11) is 1.83. The topological polar surface area (TPSA) is 67.2 Å². The van der Waals surface area contributed by atoms with Crippen LogP contribution in [0.1, 0.15) is 12.8 Å². The van der Waals surface area contributed by atoms with Gasteiger partial charge in [-0.05, 0) is 31.2 Å². The molecule has 0 aliphatic carbocycles. The zero-order valence-corrected chi connectivity index (χ0v) is 14.5. The van der Waals surface area contributed by atoms with E-state index in [1.807, 2.05) is 13.1 Å². The molecule has 0 radical (unpaired) electrons. The number of carbonyl (C=O) groups is 1. The summed E-state index contributed by atoms with van der Waals surface area (Å²) in [6, 6.07) is 5.67. The van der Waals surface area contributed by atoms with Crippen molar-refractivity contribution in [3.05, 3.63) is 39.4 Å². The van der Waals surface area contributed by atoms with Crippen molar-refractivity contribution in [1.82, 2.24) is 19.8 Å². The van der Waals surface area contributed by atoms with Crippen LogP contribution in [0.5, 0.6) is 0 Å². The van der Waals surface area contributed by atoms with E-state index in [1.165, 1.54) is 10.9 Å². The number of amides is 1. The Labute approximate surface area is 142 Å². The molecule has 1 aliphatic rings. The minimum Gasteiger partial charge on any atom is -0.341 e. The van der Waals surface area contributed by atoms with Gasteiger partial charge in [-0.15, -0.1) is 0 Å². The molecule has 7 heteroatoms. The molecule has 3 rings (SSSR count). The van der Waals surface area contributed by atoms with Crippen LogP contribution in [0.4, 0.5) is 0 Å². The summed E-state index contributed by atoms with van der Waals surface area (Å²) in [5, 5.41) is 3.81. The second-order valence-corrected chi connectivity index (χ2v) is 6.72. The number of nitrogens with zero attached hydrogens (tertiary/aromatic N) is 3. The summed E-state index contributed by atoms with van der Waals surface area (Å²) in [6.07, 6.45) is 2.80. The van der Waals surface area contributed by atoms with E-state index in [0.717, 1.165) is 24.0 Å². The highest BCUT2D eigenvalue weighted by Crippen LogP contribution is 2.15. The molecule has 1 amide bonds. The maximum absolute atomic E-state index is 12.5. The van der Waals surface area contributed by atoms with E-state index in [4.69, 9.17) is 0 Å². The van der Waals surface area contributed by atoms with E-state index in [1.54, 1.807) is 17.0 Å². The van der Waals surface area contributed by atoms with Gasteiger partial charge in [0.25, 0.3) is 5.56 Å². The summed E-state index contributed by atoms with van der Waals surface area (Å²) < 4.78 is 2.35. The van der Waals surface area contributed by atoms with Gasteiger partial charge in [0.2, 0.25) is 5.91 Å². The summed E-state index contributed by atoms with van der Waals surface area (Å²) in [4.78, 5) is 30.9. The Kier molecular flexibility index (Phi) is 4.77. The first kappa shape index (κ1) is 16.1. The molecule has 0 saturated carbocycles. The lowest BCUT2D eigenvalue weighted by Gasteiger charge is -2.23. The molecule has 1 aliphatic heterocycles. The van der Waals surface area contributed by atoms with Crippen molar-refractivity contribution in [2.45, 2.75) is 25.4 Å². The van der Waals surface area contributed by atoms with Crippen LogP contribution >= 0.6 is 15.9 Å². The molecule has 6 nitrogen and oxygen atoms in total. The van der Waals surface area contributed by atoms with Crippen molar-refractivity contribution in [2.24, 2.45) is 0 Å². The zero-order valence-electron chi connectivity index (χ0n) is 13.0. The first-order valence-corrected chi connectivity index (χ1v) is 8.46. The average Bonchev–Trinajstić information content (AvgIpc) is 3.08. The Morgan fingerprint density at radius 3 is 3.09 bits per heavy atom. The highest BCUT2D eigenvalue weighted by Gasteiger charge is 2.22. The first-order valence-electron chi connectivity index (χ1n) is 7.67. The first-order chi connectivity index (χ1) is 11.1. The number of likely N-dealkylation sites (N-methyl/N-ethyl adjacent to an activating group) is 1. The van der Waals surface area contributed by atoms with Gasteiger partial charge in [0.05, 0.1) is 17.2 Å². The third-order valence-corrected chi connectivity index (χ3v) is 4.82. The van der Waals surface area contributed by atoms with Crippen molar-refractivity contribution in [1.29, 1.82) is 0 Å². The molecular weight excluding hydrogens is 360 g/mol. The fourth-order valence-corrected chi connectivity index (χ4v) is 3.22. The van der Waals surface area contributed by atoms with E-state index in [2.05, 4.69) is 26.2 Å². The van der Waals surface area contributed by atoms with Crippen molar-refractivity contribution >= 4 is 32.7 Å². The van der Waals surface area contributed by atoms with Gasteiger partial charge in [-0.1, -0.05) is 15.9 Å². The van der Waals surface area contributed by atoms with Gasteiger partial charge in [0.15, 0.2) is 0 Å². The molecule has 0 bridgehead atoms. The summed E-state index contributed by atoms with van der Waals surface area (Å²) in [5.41, 5.74) is 0.546. The van der Waals surface area contributed by atoms with Gasteiger partial charge >= 0.3 is 0 Å². The number of aromatic nitrogens is 2. The van der Waals surface area contributed by atoms with Crippen LogP contribution in [0.15, 0.2) is 33.8 Å². The van der Waals surface area contributed by atoms with Gasteiger partial charge < -0.3 is 10.2 Å². The van der Waals surface area contributed by atoms with Gasteiger partial charge in [-0.2, -0.15) is 0 Å². The number of nitrogens with one attached hydrogen (secondary N) is 1. The molecule has 0 spiro atoms. The molecule has 1 aromatic heterocycles. The van der Waals surface area contributed by atoms with E-state index < -0.39 is 0 Å². The number of benzene rings is 1. The number of hydrogen-bond donors (Lipinski definition) is 1. The average molecular weight is 379 g/mol. The Balaban J connectivity index is 1.73. The fourth-order valence-electron chi connectivity index (χ4n) is 2.86. The highest BCUT2D eigenvalue weighted by atomic mass is 79.9. The number of carbonyl (C=O) groups excluding carboxylic acids is 1. The third kappa shape index (κ3) is 3.45. The maximum Gasteiger partial charge on any atom is 0.261 e. The predicted octanol–water partition coefficient (Wildman–Crippen LogP) is 1.37. The van der Waals surface area contributed by atoms with Crippen molar-refractivity contribution in [3.63, 3.8) is 0 Å². The lowest BCUT2D eigenvalue weighted by atomic mass is 10.2. The number of hydrogen-bond acceptors (Lipinski definition) is 4. The molecule has 1 aromatic carbocycles. The Morgan fingerprint density at radius 1 is 1.52 bits per heavy atom. The normalized spacial score (nSPS) is 17.6. The maximum atomic E-state index is 12.5. The lowest BCUT2D eigenvalue weighted by Crippen LogP contribution is -2.39. The Bertz CT molecular complexity index is 783. The second kappa shape index (κ2) is 6.80. The van der Waals surface area contributed by atoms with Crippen LogP contribution in [0.2, 0.25) is 0 Å². The van der Waals surface area contributed by atoms with Gasteiger partial charge in [0.1, 0.15) is 0 Å². The summed E-state index contributed by atoms with van der Waals surface area (Å²) in [6.45, 7) is 2.14. The number of halogens is 1. The van der Waals surface area contributed by atoms with E-state index in [0.29, 0.717) is 23.9 Å². The second-order valence-electron chi connectivity index (χ2n) is 5.81. The molecular formula is C16H19BrN4O2. The van der Waals surface area contributed by atoms with Crippen molar-refractivity contribution < 1.29 is 4.79 Å². The molecule has 1 saturated heterocycles. The van der Waals surface area contributed by atoms with Crippen molar-refractivity contribution in [3.8, 4) is 0 Å². The largest absolute Gasteiger partial charge is 0.341 e.